The first-order valence-corrected chi connectivity index (χ1v) is 10.1. The summed E-state index contributed by atoms with van der Waals surface area (Å²) in [6.45, 7) is 7.31. The Bertz CT molecular complexity index is 582. The highest BCUT2D eigenvalue weighted by atomic mass is 32.1. The number of nitrogens with one attached hydrogen (secondary N) is 2. The Labute approximate surface area is 154 Å². The first kappa shape index (κ1) is 19.2. The Morgan fingerprint density at radius 2 is 1.96 bits per heavy atom. The number of hydrogen-bond acceptors (Lipinski definition) is 4. The molecule has 134 valence electrons. The van der Waals surface area contributed by atoms with Crippen molar-refractivity contribution in [3.05, 3.63) is 16.0 Å². The maximum Gasteiger partial charge on any atom is 0.341 e. The van der Waals surface area contributed by atoms with Crippen LogP contribution in [0.4, 0.5) is 5.00 Å². The molecule has 0 aromatic carbocycles. The maximum absolute atomic E-state index is 12.5. The molecule has 2 N–H and O–H groups in total. The van der Waals surface area contributed by atoms with Crippen LogP contribution in [0.2, 0.25) is 0 Å². The Hall–Kier alpha value is -1.14. The second kappa shape index (κ2) is 9.37. The molecule has 6 heteroatoms. The van der Waals surface area contributed by atoms with E-state index in [0.717, 1.165) is 30.8 Å². The van der Waals surface area contributed by atoms with Gasteiger partial charge in [0.05, 0.1) is 12.2 Å². The van der Waals surface area contributed by atoms with Crippen molar-refractivity contribution >= 4 is 39.6 Å². The van der Waals surface area contributed by atoms with E-state index in [9.17, 15) is 4.79 Å². The monoisotopic (exact) mass is 368 g/mol. The molecule has 0 radical (unpaired) electrons. The maximum atomic E-state index is 12.5. The predicted octanol–water partition coefficient (Wildman–Crippen LogP) is 4.53. The van der Waals surface area contributed by atoms with Crippen molar-refractivity contribution in [2.45, 2.75) is 59.3 Å². The minimum absolute atomic E-state index is 0.232. The molecule has 1 aliphatic carbocycles. The SMILES string of the molecule is CCOC(=O)c1c(NC(=S)NCC(C)C)sc2c1CCCCCC2. The van der Waals surface area contributed by atoms with E-state index < -0.39 is 0 Å². The van der Waals surface area contributed by atoms with Gasteiger partial charge in [0, 0.05) is 11.4 Å². The molecule has 0 bridgehead atoms. The Kier molecular flexibility index (Phi) is 7.49. The average Bonchev–Trinajstić information content (AvgIpc) is 2.82. The Morgan fingerprint density at radius 3 is 2.62 bits per heavy atom. The minimum atomic E-state index is -0.232. The molecular weight excluding hydrogens is 340 g/mol. The van der Waals surface area contributed by atoms with Crippen molar-refractivity contribution in [3.8, 4) is 0 Å². The lowest BCUT2D eigenvalue weighted by Gasteiger charge is -2.13. The molecule has 0 saturated heterocycles. The first-order chi connectivity index (χ1) is 11.5. The van der Waals surface area contributed by atoms with Crippen molar-refractivity contribution in [1.29, 1.82) is 0 Å². The highest BCUT2D eigenvalue weighted by Crippen LogP contribution is 2.37. The van der Waals surface area contributed by atoms with E-state index in [1.807, 2.05) is 6.92 Å². The second-order valence-corrected chi connectivity index (χ2v) is 8.08. The van der Waals surface area contributed by atoms with Crippen LogP contribution in [0.15, 0.2) is 0 Å². The zero-order valence-corrected chi connectivity index (χ0v) is 16.5. The molecule has 0 saturated carbocycles. The van der Waals surface area contributed by atoms with Gasteiger partial charge in [-0.25, -0.2) is 4.79 Å². The average molecular weight is 369 g/mol. The molecule has 4 nitrogen and oxygen atoms in total. The molecule has 1 aromatic rings. The zero-order chi connectivity index (χ0) is 17.5. The number of anilines is 1. The number of carbonyl (C=O) groups excluding carboxylic acids is 1. The molecule has 0 atom stereocenters. The first-order valence-electron chi connectivity index (χ1n) is 8.89. The largest absolute Gasteiger partial charge is 0.462 e. The third kappa shape index (κ3) is 5.18. The summed E-state index contributed by atoms with van der Waals surface area (Å²) in [6, 6.07) is 0. The van der Waals surface area contributed by atoms with Crippen molar-refractivity contribution < 1.29 is 9.53 Å². The van der Waals surface area contributed by atoms with Crippen LogP contribution >= 0.6 is 23.6 Å². The Morgan fingerprint density at radius 1 is 1.25 bits per heavy atom. The van der Waals surface area contributed by atoms with Gasteiger partial charge in [0.2, 0.25) is 0 Å². The molecule has 0 aliphatic heterocycles. The summed E-state index contributed by atoms with van der Waals surface area (Å²) < 4.78 is 5.31. The summed E-state index contributed by atoms with van der Waals surface area (Å²) in [5.74, 6) is 0.280. The highest BCUT2D eigenvalue weighted by Gasteiger charge is 2.25. The predicted molar refractivity (Wildman–Crippen MR) is 105 cm³/mol. The molecule has 1 aromatic heterocycles. The lowest BCUT2D eigenvalue weighted by molar-refractivity contribution is 0.0526. The highest BCUT2D eigenvalue weighted by molar-refractivity contribution is 7.80. The van der Waals surface area contributed by atoms with Gasteiger partial charge in [0.15, 0.2) is 5.11 Å². The van der Waals surface area contributed by atoms with Crippen LogP contribution < -0.4 is 10.6 Å². The van der Waals surface area contributed by atoms with Gasteiger partial charge in [-0.15, -0.1) is 11.3 Å². The number of hydrogen-bond donors (Lipinski definition) is 2. The Balaban J connectivity index is 2.26. The number of rotatable bonds is 5. The molecule has 0 amide bonds. The van der Waals surface area contributed by atoms with Crippen LogP contribution in [0.5, 0.6) is 0 Å². The fourth-order valence-electron chi connectivity index (χ4n) is 2.87. The fourth-order valence-corrected chi connectivity index (χ4v) is 4.40. The minimum Gasteiger partial charge on any atom is -0.462 e. The van der Waals surface area contributed by atoms with Crippen LogP contribution in [-0.4, -0.2) is 24.2 Å². The van der Waals surface area contributed by atoms with Crippen molar-refractivity contribution in [3.63, 3.8) is 0 Å². The van der Waals surface area contributed by atoms with Gasteiger partial charge in [-0.1, -0.05) is 26.7 Å². The van der Waals surface area contributed by atoms with E-state index in [0.29, 0.717) is 23.2 Å². The zero-order valence-electron chi connectivity index (χ0n) is 14.9. The molecule has 24 heavy (non-hydrogen) atoms. The molecule has 2 rings (SSSR count). The van der Waals surface area contributed by atoms with Crippen molar-refractivity contribution in [1.82, 2.24) is 5.32 Å². The van der Waals surface area contributed by atoms with Crippen LogP contribution in [0, 0.1) is 5.92 Å². The number of thiocarbonyl (C=S) groups is 1. The second-order valence-electron chi connectivity index (χ2n) is 6.57. The summed E-state index contributed by atoms with van der Waals surface area (Å²) in [5, 5.41) is 7.86. The lowest BCUT2D eigenvalue weighted by atomic mass is 9.96. The quantitative estimate of drug-likeness (QED) is 0.591. The van der Waals surface area contributed by atoms with Crippen molar-refractivity contribution in [2.75, 3.05) is 18.5 Å². The number of ether oxygens (including phenoxy) is 1. The van der Waals surface area contributed by atoms with Crippen LogP contribution in [0.25, 0.3) is 0 Å². The van der Waals surface area contributed by atoms with Gasteiger partial charge in [-0.05, 0) is 56.3 Å². The van der Waals surface area contributed by atoms with E-state index in [4.69, 9.17) is 17.0 Å². The van der Waals surface area contributed by atoms with Crippen LogP contribution in [-0.2, 0) is 17.6 Å². The molecule has 0 unspecified atom stereocenters. The summed E-state index contributed by atoms with van der Waals surface area (Å²) in [4.78, 5) is 13.8. The van der Waals surface area contributed by atoms with E-state index in [1.165, 1.54) is 29.7 Å². The van der Waals surface area contributed by atoms with E-state index in [-0.39, 0.29) is 5.97 Å². The van der Waals surface area contributed by atoms with Gasteiger partial charge in [-0.3, -0.25) is 0 Å². The molecule has 0 fully saturated rings. The molecule has 0 spiro atoms. The van der Waals surface area contributed by atoms with Gasteiger partial charge in [0.1, 0.15) is 5.00 Å². The van der Waals surface area contributed by atoms with Crippen LogP contribution in [0.3, 0.4) is 0 Å². The standard InChI is InChI=1S/C18H28N2O2S2/c1-4-22-17(21)15-13-9-7-5-6-8-10-14(13)24-16(15)20-18(23)19-11-12(2)3/h12H,4-11H2,1-3H3,(H2,19,20,23). The van der Waals surface area contributed by atoms with E-state index >= 15 is 0 Å². The van der Waals surface area contributed by atoms with Gasteiger partial charge in [0.25, 0.3) is 0 Å². The summed E-state index contributed by atoms with van der Waals surface area (Å²) in [6.07, 6.45) is 6.81. The van der Waals surface area contributed by atoms with Crippen LogP contribution in [0.1, 0.15) is 67.3 Å². The third-order valence-corrected chi connectivity index (χ3v) is 5.50. The lowest BCUT2D eigenvalue weighted by Crippen LogP contribution is -2.31. The third-order valence-electron chi connectivity index (χ3n) is 4.05. The topological polar surface area (TPSA) is 50.4 Å². The normalized spacial score (nSPS) is 14.5. The van der Waals surface area contributed by atoms with Gasteiger partial charge >= 0.3 is 5.97 Å². The number of esters is 1. The number of fused-ring (bicyclic) bond motifs is 1. The summed E-state index contributed by atoms with van der Waals surface area (Å²) >= 11 is 7.05. The summed E-state index contributed by atoms with van der Waals surface area (Å²) in [5.41, 5.74) is 1.87. The smallest absolute Gasteiger partial charge is 0.341 e. The summed E-state index contributed by atoms with van der Waals surface area (Å²) in [7, 11) is 0. The van der Waals surface area contributed by atoms with Gasteiger partial charge < -0.3 is 15.4 Å². The van der Waals surface area contributed by atoms with E-state index in [1.54, 1.807) is 11.3 Å². The fraction of sp³-hybridized carbons (Fsp3) is 0.667. The molecule has 1 aliphatic rings. The molecular formula is C18H28N2O2S2. The number of aryl methyl sites for hydroxylation is 1. The number of carbonyl (C=O) groups is 1. The van der Waals surface area contributed by atoms with Crippen molar-refractivity contribution in [2.24, 2.45) is 5.92 Å². The number of thiophene rings is 1. The van der Waals surface area contributed by atoms with E-state index in [2.05, 4.69) is 24.5 Å². The van der Waals surface area contributed by atoms with Gasteiger partial charge in [-0.2, -0.15) is 0 Å². The molecule has 1 heterocycles.